The molecule has 0 amide bonds. The Balaban J connectivity index is 2.56. The first kappa shape index (κ1) is 13.7. The van der Waals surface area contributed by atoms with Crippen molar-refractivity contribution in [3.05, 3.63) is 58.0 Å². The van der Waals surface area contributed by atoms with Crippen molar-refractivity contribution in [3.63, 3.8) is 0 Å². The number of hydrogen-bond acceptors (Lipinski definition) is 4. The number of benzene rings is 1. The monoisotopic (exact) mass is 280 g/mol. The van der Waals surface area contributed by atoms with Gasteiger partial charge in [0, 0.05) is 17.3 Å². The number of hydrazine groups is 1. The van der Waals surface area contributed by atoms with Gasteiger partial charge in [0.1, 0.15) is 11.6 Å². The average molecular weight is 281 g/mol. The van der Waals surface area contributed by atoms with Crippen LogP contribution in [0, 0.1) is 12.7 Å². The number of nitrogens with two attached hydrogens (primary N) is 2. The first-order valence-electron chi connectivity index (χ1n) is 5.66. The highest BCUT2D eigenvalue weighted by Crippen LogP contribution is 2.30. The molecule has 0 radical (unpaired) electrons. The van der Waals surface area contributed by atoms with Crippen LogP contribution in [0.3, 0.4) is 0 Å². The molecule has 0 saturated carbocycles. The van der Waals surface area contributed by atoms with Crippen LogP contribution in [0.4, 0.5) is 10.2 Å². The summed E-state index contributed by atoms with van der Waals surface area (Å²) in [5.41, 5.74) is 10.2. The molecule has 19 heavy (non-hydrogen) atoms. The molecule has 1 unspecified atom stereocenters. The molecule has 1 aromatic heterocycles. The van der Waals surface area contributed by atoms with E-state index in [9.17, 15) is 4.39 Å². The van der Waals surface area contributed by atoms with E-state index in [-0.39, 0.29) is 5.02 Å². The highest BCUT2D eigenvalue weighted by molar-refractivity contribution is 6.30. The summed E-state index contributed by atoms with van der Waals surface area (Å²) >= 11 is 5.78. The number of anilines is 1. The largest absolute Gasteiger partial charge is 0.383 e. The van der Waals surface area contributed by atoms with Gasteiger partial charge in [-0.2, -0.15) is 0 Å². The van der Waals surface area contributed by atoms with Crippen molar-refractivity contribution in [2.75, 3.05) is 5.73 Å². The van der Waals surface area contributed by atoms with E-state index in [0.29, 0.717) is 16.9 Å². The van der Waals surface area contributed by atoms with Crippen molar-refractivity contribution in [1.82, 2.24) is 10.4 Å². The second-order valence-corrected chi connectivity index (χ2v) is 4.64. The lowest BCUT2D eigenvalue weighted by molar-refractivity contribution is 0.560. The van der Waals surface area contributed by atoms with Crippen LogP contribution in [0.2, 0.25) is 5.02 Å². The molecule has 2 aromatic rings. The first-order chi connectivity index (χ1) is 9.04. The summed E-state index contributed by atoms with van der Waals surface area (Å²) in [7, 11) is 0. The standard InChI is InChI=1S/C13H14ClFN4/c1-7-5-9(13(16)18-6-7)12(19-17)8-3-2-4-10(14)11(8)15/h2-6,12,19H,17H2,1H3,(H2,16,18). The maximum absolute atomic E-state index is 14.1. The fourth-order valence-electron chi connectivity index (χ4n) is 1.92. The molecule has 0 bridgehead atoms. The molecule has 1 atom stereocenters. The van der Waals surface area contributed by atoms with Crippen molar-refractivity contribution >= 4 is 17.4 Å². The van der Waals surface area contributed by atoms with Crippen molar-refractivity contribution in [3.8, 4) is 0 Å². The Morgan fingerprint density at radius 1 is 1.37 bits per heavy atom. The Morgan fingerprint density at radius 2 is 2.11 bits per heavy atom. The molecule has 0 saturated heterocycles. The summed E-state index contributed by atoms with van der Waals surface area (Å²) in [5, 5.41) is 0.0388. The zero-order valence-corrected chi connectivity index (χ0v) is 11.1. The highest BCUT2D eigenvalue weighted by atomic mass is 35.5. The number of aryl methyl sites for hydroxylation is 1. The molecule has 0 aliphatic heterocycles. The van der Waals surface area contributed by atoms with Crippen molar-refractivity contribution in [1.29, 1.82) is 0 Å². The van der Waals surface area contributed by atoms with Gasteiger partial charge in [-0.15, -0.1) is 0 Å². The summed E-state index contributed by atoms with van der Waals surface area (Å²) in [6.07, 6.45) is 1.64. The lowest BCUT2D eigenvalue weighted by atomic mass is 9.98. The van der Waals surface area contributed by atoms with Crippen LogP contribution >= 0.6 is 11.6 Å². The predicted molar refractivity (Wildman–Crippen MR) is 74.0 cm³/mol. The molecule has 0 aliphatic rings. The Hall–Kier alpha value is -1.69. The molecule has 0 aliphatic carbocycles. The summed E-state index contributed by atoms with van der Waals surface area (Å²) in [5.74, 6) is 5.31. The lowest BCUT2D eigenvalue weighted by Gasteiger charge is -2.19. The number of rotatable bonds is 3. The number of hydrogen-bond donors (Lipinski definition) is 3. The molecule has 5 N–H and O–H groups in total. The average Bonchev–Trinajstić information content (AvgIpc) is 2.39. The normalized spacial score (nSPS) is 12.4. The van der Waals surface area contributed by atoms with E-state index in [0.717, 1.165) is 5.56 Å². The van der Waals surface area contributed by atoms with Crippen LogP contribution in [0.15, 0.2) is 30.5 Å². The maximum Gasteiger partial charge on any atom is 0.146 e. The minimum Gasteiger partial charge on any atom is -0.383 e. The van der Waals surface area contributed by atoms with E-state index in [4.69, 9.17) is 23.2 Å². The zero-order valence-electron chi connectivity index (χ0n) is 10.3. The van der Waals surface area contributed by atoms with E-state index in [2.05, 4.69) is 10.4 Å². The number of nitrogen functional groups attached to an aromatic ring is 1. The van der Waals surface area contributed by atoms with Gasteiger partial charge in [0.2, 0.25) is 0 Å². The topological polar surface area (TPSA) is 77.0 Å². The van der Waals surface area contributed by atoms with Crippen molar-refractivity contribution < 1.29 is 4.39 Å². The van der Waals surface area contributed by atoms with Gasteiger partial charge in [-0.05, 0) is 24.6 Å². The quantitative estimate of drug-likeness (QED) is 0.596. The summed E-state index contributed by atoms with van der Waals surface area (Å²) in [6, 6.07) is 5.95. The first-order valence-corrected chi connectivity index (χ1v) is 6.04. The summed E-state index contributed by atoms with van der Waals surface area (Å²) in [4.78, 5) is 4.05. The predicted octanol–water partition coefficient (Wildman–Crippen LogP) is 2.32. The molecular weight excluding hydrogens is 267 g/mol. The van der Waals surface area contributed by atoms with E-state index in [1.807, 2.05) is 13.0 Å². The van der Waals surface area contributed by atoms with Gasteiger partial charge in [-0.3, -0.25) is 5.84 Å². The van der Waals surface area contributed by atoms with Crippen molar-refractivity contribution in [2.45, 2.75) is 13.0 Å². The molecule has 0 spiro atoms. The smallest absolute Gasteiger partial charge is 0.146 e. The SMILES string of the molecule is Cc1cnc(N)c(C(NN)c2cccc(Cl)c2F)c1. The van der Waals surface area contributed by atoms with Crippen LogP contribution < -0.4 is 17.0 Å². The van der Waals surface area contributed by atoms with Crippen LogP contribution in [0.1, 0.15) is 22.7 Å². The van der Waals surface area contributed by atoms with Gasteiger partial charge in [-0.1, -0.05) is 23.7 Å². The Kier molecular flexibility index (Phi) is 3.99. The zero-order chi connectivity index (χ0) is 14.0. The van der Waals surface area contributed by atoms with Gasteiger partial charge in [0.05, 0.1) is 11.1 Å². The number of pyridine rings is 1. The van der Waals surface area contributed by atoms with E-state index < -0.39 is 11.9 Å². The third kappa shape index (κ3) is 2.68. The third-order valence-electron chi connectivity index (χ3n) is 2.86. The Bertz CT molecular complexity index is 601. The van der Waals surface area contributed by atoms with E-state index in [1.165, 1.54) is 6.07 Å². The van der Waals surface area contributed by atoms with Gasteiger partial charge in [0.25, 0.3) is 0 Å². The molecular formula is C13H14ClFN4. The molecule has 2 rings (SSSR count). The molecule has 6 heteroatoms. The Morgan fingerprint density at radius 3 is 2.79 bits per heavy atom. The molecule has 4 nitrogen and oxygen atoms in total. The van der Waals surface area contributed by atoms with Gasteiger partial charge in [-0.25, -0.2) is 14.8 Å². The fraction of sp³-hybridized carbons (Fsp3) is 0.154. The lowest BCUT2D eigenvalue weighted by Crippen LogP contribution is -2.30. The van der Waals surface area contributed by atoms with E-state index in [1.54, 1.807) is 18.3 Å². The van der Waals surface area contributed by atoms with Crippen LogP contribution in [-0.4, -0.2) is 4.98 Å². The Labute approximate surface area is 115 Å². The minimum absolute atomic E-state index is 0.0388. The van der Waals surface area contributed by atoms with Crippen LogP contribution in [0.5, 0.6) is 0 Å². The second-order valence-electron chi connectivity index (χ2n) is 4.23. The number of halogens is 2. The molecule has 1 heterocycles. The van der Waals surface area contributed by atoms with E-state index >= 15 is 0 Å². The minimum atomic E-state index is -0.605. The van der Waals surface area contributed by atoms with Gasteiger partial charge < -0.3 is 5.73 Å². The summed E-state index contributed by atoms with van der Waals surface area (Å²) in [6.45, 7) is 1.87. The number of nitrogens with zero attached hydrogens (tertiary/aromatic N) is 1. The molecule has 100 valence electrons. The second kappa shape index (κ2) is 5.52. The van der Waals surface area contributed by atoms with Crippen LogP contribution in [0.25, 0.3) is 0 Å². The fourth-order valence-corrected chi connectivity index (χ4v) is 2.11. The molecule has 0 fully saturated rings. The number of aromatic nitrogens is 1. The van der Waals surface area contributed by atoms with Gasteiger partial charge >= 0.3 is 0 Å². The van der Waals surface area contributed by atoms with Crippen LogP contribution in [-0.2, 0) is 0 Å². The van der Waals surface area contributed by atoms with Gasteiger partial charge in [0.15, 0.2) is 0 Å². The number of nitrogens with one attached hydrogen (secondary N) is 1. The third-order valence-corrected chi connectivity index (χ3v) is 3.15. The maximum atomic E-state index is 14.1. The molecule has 1 aromatic carbocycles. The highest BCUT2D eigenvalue weighted by Gasteiger charge is 2.20. The summed E-state index contributed by atoms with van der Waals surface area (Å²) < 4.78 is 14.1. The van der Waals surface area contributed by atoms with Crippen molar-refractivity contribution in [2.24, 2.45) is 5.84 Å².